The number of para-hydroxylation sites is 1. The molecule has 1 amide bonds. The van der Waals surface area contributed by atoms with Crippen LogP contribution in [0.1, 0.15) is 25.8 Å². The monoisotopic (exact) mass is 293 g/mol. The molecule has 21 heavy (non-hydrogen) atoms. The summed E-state index contributed by atoms with van der Waals surface area (Å²) in [5.41, 5.74) is 1.44. The predicted molar refractivity (Wildman–Crippen MR) is 76.1 cm³/mol. The quantitative estimate of drug-likeness (QED) is 0.854. The predicted octanol–water partition coefficient (Wildman–Crippen LogP) is 1.25. The number of aryl methyl sites for hydroxylation is 1. The first-order valence-corrected chi connectivity index (χ1v) is 6.87. The van der Waals surface area contributed by atoms with Gasteiger partial charge in [-0.3, -0.25) is 14.4 Å². The number of aliphatic hydroxyl groups excluding tert-OH is 1. The van der Waals surface area contributed by atoms with Gasteiger partial charge in [0, 0.05) is 6.42 Å². The summed E-state index contributed by atoms with van der Waals surface area (Å²) in [6, 6.07) is 5.40. The maximum absolute atomic E-state index is 12.1. The average Bonchev–Trinajstić information content (AvgIpc) is 2.43. The van der Waals surface area contributed by atoms with Crippen LogP contribution in [0.5, 0.6) is 5.75 Å². The van der Waals surface area contributed by atoms with E-state index in [1.54, 1.807) is 13.0 Å². The van der Waals surface area contributed by atoms with Crippen LogP contribution in [0.4, 0.5) is 5.69 Å². The van der Waals surface area contributed by atoms with E-state index in [4.69, 9.17) is 9.57 Å². The van der Waals surface area contributed by atoms with E-state index >= 15 is 0 Å². The number of rotatable bonds is 6. The number of hydrogen-bond donors (Lipinski definition) is 1. The lowest BCUT2D eigenvalue weighted by molar-refractivity contribution is -0.127. The molecule has 6 nitrogen and oxygen atoms in total. The van der Waals surface area contributed by atoms with E-state index in [0.717, 1.165) is 5.56 Å². The number of Topliss-reactive ketones (excluding diaryl/α,β-unsaturated/α-hetero) is 1. The molecule has 1 aromatic carbocycles. The normalized spacial score (nSPS) is 15.6. The van der Waals surface area contributed by atoms with Crippen LogP contribution < -0.4 is 9.80 Å². The smallest absolute Gasteiger partial charge is 0.251 e. The van der Waals surface area contributed by atoms with E-state index in [9.17, 15) is 14.7 Å². The van der Waals surface area contributed by atoms with Crippen LogP contribution in [0.15, 0.2) is 18.2 Å². The van der Waals surface area contributed by atoms with E-state index in [-0.39, 0.29) is 24.9 Å². The summed E-state index contributed by atoms with van der Waals surface area (Å²) in [5.74, 6) is 0.134. The van der Waals surface area contributed by atoms with Crippen molar-refractivity contribution in [2.24, 2.45) is 0 Å². The molecule has 2 rings (SSSR count). The van der Waals surface area contributed by atoms with Crippen molar-refractivity contribution in [1.82, 2.24) is 0 Å². The third-order valence-electron chi connectivity index (χ3n) is 3.00. The summed E-state index contributed by atoms with van der Waals surface area (Å²) in [6.45, 7) is 2.96. The lowest BCUT2D eigenvalue weighted by Gasteiger charge is -2.30. The Hall–Kier alpha value is -1.92. The lowest BCUT2D eigenvalue weighted by Crippen LogP contribution is -2.37. The minimum absolute atomic E-state index is 0.00617. The third-order valence-corrected chi connectivity index (χ3v) is 3.00. The zero-order valence-corrected chi connectivity index (χ0v) is 12.2. The number of ketones is 1. The van der Waals surface area contributed by atoms with Crippen molar-refractivity contribution in [3.63, 3.8) is 0 Å². The van der Waals surface area contributed by atoms with Gasteiger partial charge in [-0.15, -0.1) is 0 Å². The molecule has 1 aliphatic heterocycles. The molecule has 0 saturated heterocycles. The number of ether oxygens (including phenoxy) is 1. The highest BCUT2D eigenvalue weighted by molar-refractivity contribution is 5.96. The summed E-state index contributed by atoms with van der Waals surface area (Å²) >= 11 is 0. The van der Waals surface area contributed by atoms with E-state index in [0.29, 0.717) is 24.3 Å². The number of nitrogens with zero attached hydrogens (tertiary/aromatic N) is 1. The van der Waals surface area contributed by atoms with Crippen molar-refractivity contribution in [3.05, 3.63) is 23.8 Å². The van der Waals surface area contributed by atoms with Gasteiger partial charge >= 0.3 is 0 Å². The summed E-state index contributed by atoms with van der Waals surface area (Å²) in [7, 11) is 0. The second-order valence-electron chi connectivity index (χ2n) is 5.09. The van der Waals surface area contributed by atoms with Crippen LogP contribution in [0.25, 0.3) is 0 Å². The molecule has 1 atom stereocenters. The minimum atomic E-state index is -0.687. The Balaban J connectivity index is 2.29. The number of hydroxylamine groups is 1. The van der Waals surface area contributed by atoms with Crippen molar-refractivity contribution < 1.29 is 24.3 Å². The molecule has 0 aliphatic carbocycles. The van der Waals surface area contributed by atoms with Crippen LogP contribution >= 0.6 is 0 Å². The van der Waals surface area contributed by atoms with Gasteiger partial charge in [0.25, 0.3) is 5.91 Å². The largest absolute Gasteiger partial charge is 0.484 e. The molecule has 114 valence electrons. The first kappa shape index (κ1) is 15.5. The van der Waals surface area contributed by atoms with E-state index < -0.39 is 6.10 Å². The Morgan fingerprint density at radius 1 is 1.43 bits per heavy atom. The molecule has 1 aromatic rings. The molecule has 0 radical (unpaired) electrons. The van der Waals surface area contributed by atoms with Gasteiger partial charge in [-0.1, -0.05) is 12.1 Å². The highest BCUT2D eigenvalue weighted by Crippen LogP contribution is 2.37. The minimum Gasteiger partial charge on any atom is -0.484 e. The Morgan fingerprint density at radius 3 is 2.86 bits per heavy atom. The van der Waals surface area contributed by atoms with Gasteiger partial charge in [0.15, 0.2) is 5.78 Å². The third kappa shape index (κ3) is 3.80. The number of fused-ring (bicyclic) bond motifs is 1. The second kappa shape index (κ2) is 6.69. The van der Waals surface area contributed by atoms with E-state index in [1.807, 2.05) is 12.1 Å². The Morgan fingerprint density at radius 2 is 2.19 bits per heavy atom. The van der Waals surface area contributed by atoms with Gasteiger partial charge in [-0.05, 0) is 31.9 Å². The Kier molecular flexibility index (Phi) is 4.93. The highest BCUT2D eigenvalue weighted by Gasteiger charge is 2.29. The van der Waals surface area contributed by atoms with Gasteiger partial charge < -0.3 is 9.84 Å². The number of aliphatic hydroxyl groups is 1. The summed E-state index contributed by atoms with van der Waals surface area (Å²) in [5, 5.41) is 10.5. The summed E-state index contributed by atoms with van der Waals surface area (Å²) < 4.78 is 5.47. The van der Waals surface area contributed by atoms with Gasteiger partial charge in [0.05, 0.1) is 6.10 Å². The topological polar surface area (TPSA) is 76.1 Å². The van der Waals surface area contributed by atoms with Crippen molar-refractivity contribution >= 4 is 17.4 Å². The molecule has 1 aliphatic rings. The van der Waals surface area contributed by atoms with Crippen molar-refractivity contribution in [1.29, 1.82) is 0 Å². The van der Waals surface area contributed by atoms with Gasteiger partial charge in [0.2, 0.25) is 0 Å². The number of carbonyl (C=O) groups is 2. The SMILES string of the molecule is CC(=O)COc1cccc2c1N(OCC(C)O)C(=O)CC2. The van der Waals surface area contributed by atoms with Gasteiger partial charge in [-0.2, -0.15) is 5.06 Å². The number of anilines is 1. The maximum Gasteiger partial charge on any atom is 0.251 e. The highest BCUT2D eigenvalue weighted by atomic mass is 16.7. The number of benzene rings is 1. The summed E-state index contributed by atoms with van der Waals surface area (Å²) in [6.07, 6.45) is 0.247. The molecule has 0 bridgehead atoms. The maximum atomic E-state index is 12.1. The number of hydrogen-bond acceptors (Lipinski definition) is 5. The van der Waals surface area contributed by atoms with Crippen molar-refractivity contribution in [2.75, 3.05) is 18.3 Å². The fourth-order valence-electron chi connectivity index (χ4n) is 2.08. The first-order chi connectivity index (χ1) is 9.99. The van der Waals surface area contributed by atoms with Crippen LogP contribution in [-0.4, -0.2) is 36.1 Å². The lowest BCUT2D eigenvalue weighted by atomic mass is 10.0. The molecule has 0 spiro atoms. The molecular weight excluding hydrogens is 274 g/mol. The molecule has 1 heterocycles. The second-order valence-corrected chi connectivity index (χ2v) is 5.09. The van der Waals surface area contributed by atoms with Crippen LogP contribution in [0, 0.1) is 0 Å². The first-order valence-electron chi connectivity index (χ1n) is 6.87. The molecule has 1 N–H and O–H groups in total. The van der Waals surface area contributed by atoms with Crippen molar-refractivity contribution in [2.45, 2.75) is 32.8 Å². The van der Waals surface area contributed by atoms with Gasteiger partial charge in [-0.25, -0.2) is 0 Å². The molecule has 0 saturated carbocycles. The fraction of sp³-hybridized carbons (Fsp3) is 0.467. The van der Waals surface area contributed by atoms with E-state index in [2.05, 4.69) is 0 Å². The zero-order valence-electron chi connectivity index (χ0n) is 12.2. The van der Waals surface area contributed by atoms with Crippen LogP contribution in [0.2, 0.25) is 0 Å². The Labute approximate surface area is 123 Å². The number of amides is 1. The van der Waals surface area contributed by atoms with Crippen LogP contribution in [-0.2, 0) is 20.8 Å². The molecule has 1 unspecified atom stereocenters. The molecular formula is C15H19NO5. The van der Waals surface area contributed by atoms with Gasteiger partial charge in [0.1, 0.15) is 24.7 Å². The summed E-state index contributed by atoms with van der Waals surface area (Å²) in [4.78, 5) is 28.5. The van der Waals surface area contributed by atoms with E-state index in [1.165, 1.54) is 12.0 Å². The van der Waals surface area contributed by atoms with Crippen molar-refractivity contribution in [3.8, 4) is 5.75 Å². The standard InChI is InChI=1S/C15H19NO5/c1-10(17)8-20-13-5-3-4-12-6-7-14(19)16(15(12)13)21-9-11(2)18/h3-5,11,18H,6-9H2,1-2H3. The molecule has 0 aromatic heterocycles. The van der Waals surface area contributed by atoms with Crippen LogP contribution in [0.3, 0.4) is 0 Å². The Bertz CT molecular complexity index is 541. The molecule has 6 heteroatoms. The number of carbonyl (C=O) groups excluding carboxylic acids is 2. The zero-order chi connectivity index (χ0) is 15.4. The average molecular weight is 293 g/mol. The molecule has 0 fully saturated rings. The fourth-order valence-corrected chi connectivity index (χ4v) is 2.08.